The molecule has 1 aliphatic rings. The van der Waals surface area contributed by atoms with Gasteiger partial charge < -0.3 is 15.7 Å². The highest BCUT2D eigenvalue weighted by Crippen LogP contribution is 2.10. The molecule has 0 bridgehead atoms. The van der Waals surface area contributed by atoms with Crippen molar-refractivity contribution in [3.63, 3.8) is 0 Å². The molecule has 0 aliphatic carbocycles. The van der Waals surface area contributed by atoms with E-state index >= 15 is 0 Å². The zero-order valence-corrected chi connectivity index (χ0v) is 10.5. The Morgan fingerprint density at radius 1 is 1.71 bits per heavy atom. The normalized spacial score (nSPS) is 19.5. The maximum atomic E-state index is 11.3. The van der Waals surface area contributed by atoms with Gasteiger partial charge in [-0.05, 0) is 13.3 Å². The molecule has 1 atom stereocenters. The number of thioether (sulfide) groups is 1. The van der Waals surface area contributed by atoms with Gasteiger partial charge in [0.25, 0.3) is 0 Å². The summed E-state index contributed by atoms with van der Waals surface area (Å²) in [4.78, 5) is 26.8. The summed E-state index contributed by atoms with van der Waals surface area (Å²) in [6.45, 7) is 2.39. The van der Waals surface area contributed by atoms with Crippen molar-refractivity contribution in [3.05, 3.63) is 0 Å². The van der Waals surface area contributed by atoms with Crippen molar-refractivity contribution in [2.45, 2.75) is 25.8 Å². The van der Waals surface area contributed by atoms with Crippen molar-refractivity contribution in [3.8, 4) is 0 Å². The van der Waals surface area contributed by atoms with Crippen LogP contribution in [0.1, 0.15) is 19.8 Å². The fraction of sp³-hybridized carbons (Fsp3) is 0.700. The molecule has 0 saturated heterocycles. The van der Waals surface area contributed by atoms with Crippen LogP contribution < -0.4 is 10.6 Å². The first-order chi connectivity index (χ1) is 8.11. The van der Waals surface area contributed by atoms with E-state index in [-0.39, 0.29) is 30.2 Å². The van der Waals surface area contributed by atoms with E-state index in [0.717, 1.165) is 0 Å². The van der Waals surface area contributed by atoms with Crippen LogP contribution in [0, 0.1) is 0 Å². The lowest BCUT2D eigenvalue weighted by Gasteiger charge is -2.17. The lowest BCUT2D eigenvalue weighted by Crippen LogP contribution is -2.37. The van der Waals surface area contributed by atoms with Gasteiger partial charge in [-0.15, -0.1) is 0 Å². The number of nitrogens with one attached hydrogen (secondary N) is 2. The Morgan fingerprint density at radius 2 is 2.47 bits per heavy atom. The van der Waals surface area contributed by atoms with Crippen molar-refractivity contribution < 1.29 is 14.7 Å². The second-order valence-corrected chi connectivity index (χ2v) is 4.72. The average molecular weight is 259 g/mol. The predicted octanol–water partition coefficient (Wildman–Crippen LogP) is -0.517. The SMILES string of the molecule is CC1CC(=O)NC(SCC(=O)NCCCO)=N1. The molecule has 3 N–H and O–H groups in total. The lowest BCUT2D eigenvalue weighted by molar-refractivity contribution is -0.120. The maximum Gasteiger partial charge on any atom is 0.230 e. The average Bonchev–Trinajstić information content (AvgIpc) is 2.25. The highest BCUT2D eigenvalue weighted by Gasteiger charge is 2.18. The molecule has 0 saturated carbocycles. The van der Waals surface area contributed by atoms with Crippen LogP contribution in [0.3, 0.4) is 0 Å². The van der Waals surface area contributed by atoms with E-state index < -0.39 is 0 Å². The van der Waals surface area contributed by atoms with E-state index in [1.54, 1.807) is 0 Å². The van der Waals surface area contributed by atoms with E-state index in [1.807, 2.05) is 6.92 Å². The number of hydrogen-bond acceptors (Lipinski definition) is 5. The minimum absolute atomic E-state index is 0.0244. The number of hydrogen-bond donors (Lipinski definition) is 3. The first-order valence-corrected chi connectivity index (χ1v) is 6.48. The molecule has 6 nitrogen and oxygen atoms in total. The van der Waals surface area contributed by atoms with E-state index in [4.69, 9.17) is 5.11 Å². The Bertz CT molecular complexity index is 320. The van der Waals surface area contributed by atoms with Gasteiger partial charge in [0.1, 0.15) is 0 Å². The largest absolute Gasteiger partial charge is 0.396 e. The zero-order valence-electron chi connectivity index (χ0n) is 9.73. The molecule has 96 valence electrons. The highest BCUT2D eigenvalue weighted by atomic mass is 32.2. The van der Waals surface area contributed by atoms with Crippen LogP contribution in [0.25, 0.3) is 0 Å². The van der Waals surface area contributed by atoms with Gasteiger partial charge in [-0.2, -0.15) is 0 Å². The molecule has 0 fully saturated rings. The molecule has 0 aromatic heterocycles. The third kappa shape index (κ3) is 5.69. The maximum absolute atomic E-state index is 11.3. The Morgan fingerprint density at radius 3 is 3.12 bits per heavy atom. The number of aliphatic imine (C=N–C) groups is 1. The summed E-state index contributed by atoms with van der Waals surface area (Å²) in [5.41, 5.74) is 0. The van der Waals surface area contributed by atoms with Gasteiger partial charge in [0.05, 0.1) is 11.8 Å². The van der Waals surface area contributed by atoms with Crippen molar-refractivity contribution in [1.82, 2.24) is 10.6 Å². The molecule has 0 radical (unpaired) electrons. The fourth-order valence-corrected chi connectivity index (χ4v) is 2.09. The second kappa shape index (κ2) is 7.29. The standard InChI is InChI=1S/C10H17N3O3S/c1-7-5-8(15)13-10(12-7)17-6-9(16)11-3-2-4-14/h7,14H,2-6H2,1H3,(H,11,16)(H,12,13,15). The van der Waals surface area contributed by atoms with Crippen LogP contribution in [-0.4, -0.2) is 47.0 Å². The Hall–Kier alpha value is -1.08. The van der Waals surface area contributed by atoms with Crippen molar-refractivity contribution in [2.24, 2.45) is 4.99 Å². The second-order valence-electron chi connectivity index (χ2n) is 3.75. The molecule has 0 aromatic rings. The number of carbonyl (C=O) groups excluding carboxylic acids is 2. The minimum Gasteiger partial charge on any atom is -0.396 e. The molecule has 1 heterocycles. The number of aliphatic hydroxyl groups is 1. The fourth-order valence-electron chi connectivity index (χ4n) is 1.28. The van der Waals surface area contributed by atoms with Crippen LogP contribution in [0.2, 0.25) is 0 Å². The van der Waals surface area contributed by atoms with Gasteiger partial charge in [-0.25, -0.2) is 0 Å². The quantitative estimate of drug-likeness (QED) is 0.580. The molecule has 0 aromatic carbocycles. The number of carbonyl (C=O) groups is 2. The van der Waals surface area contributed by atoms with Gasteiger partial charge >= 0.3 is 0 Å². The minimum atomic E-state index is -0.126. The lowest BCUT2D eigenvalue weighted by atomic mass is 10.2. The third-order valence-corrected chi connectivity index (χ3v) is 2.95. The number of rotatable bonds is 5. The highest BCUT2D eigenvalue weighted by molar-refractivity contribution is 8.14. The predicted molar refractivity (Wildman–Crippen MR) is 66.8 cm³/mol. The van der Waals surface area contributed by atoms with Gasteiger partial charge in [0.2, 0.25) is 11.8 Å². The molecular formula is C10H17N3O3S. The van der Waals surface area contributed by atoms with Crippen molar-refractivity contribution in [2.75, 3.05) is 18.9 Å². The van der Waals surface area contributed by atoms with Gasteiger partial charge in [-0.1, -0.05) is 11.8 Å². The van der Waals surface area contributed by atoms with Crippen LogP contribution in [0.4, 0.5) is 0 Å². The number of nitrogens with zero attached hydrogens (tertiary/aromatic N) is 1. The first-order valence-electron chi connectivity index (χ1n) is 5.50. The zero-order chi connectivity index (χ0) is 12.7. The summed E-state index contributed by atoms with van der Waals surface area (Å²) in [7, 11) is 0. The van der Waals surface area contributed by atoms with Crippen LogP contribution >= 0.6 is 11.8 Å². The molecule has 7 heteroatoms. The van der Waals surface area contributed by atoms with E-state index in [2.05, 4.69) is 15.6 Å². The molecule has 1 rings (SSSR count). The molecule has 1 unspecified atom stereocenters. The molecular weight excluding hydrogens is 242 g/mol. The molecule has 17 heavy (non-hydrogen) atoms. The number of amides is 2. The van der Waals surface area contributed by atoms with Crippen molar-refractivity contribution in [1.29, 1.82) is 0 Å². The molecule has 1 aliphatic heterocycles. The summed E-state index contributed by atoms with van der Waals surface area (Å²) < 4.78 is 0. The molecule has 2 amide bonds. The Kier molecular flexibility index (Phi) is 5.99. The summed E-state index contributed by atoms with van der Waals surface area (Å²) in [5.74, 6) is 0.0337. The van der Waals surface area contributed by atoms with Gasteiger partial charge in [0, 0.05) is 19.6 Å². The Labute approximate surface area is 104 Å². The summed E-state index contributed by atoms with van der Waals surface area (Å²) in [6.07, 6.45) is 0.942. The van der Waals surface area contributed by atoms with Crippen molar-refractivity contribution >= 4 is 28.7 Å². The number of amidine groups is 1. The van der Waals surface area contributed by atoms with E-state index in [0.29, 0.717) is 24.6 Å². The first kappa shape index (κ1) is 14.0. The summed E-state index contributed by atoms with van der Waals surface area (Å²) >= 11 is 1.21. The number of aliphatic hydroxyl groups excluding tert-OH is 1. The monoisotopic (exact) mass is 259 g/mol. The van der Waals surface area contributed by atoms with Crippen LogP contribution in [0.5, 0.6) is 0 Å². The van der Waals surface area contributed by atoms with Gasteiger partial charge in [-0.3, -0.25) is 14.6 Å². The molecule has 0 spiro atoms. The Balaban J connectivity index is 2.25. The smallest absolute Gasteiger partial charge is 0.230 e. The topological polar surface area (TPSA) is 90.8 Å². The van der Waals surface area contributed by atoms with E-state index in [9.17, 15) is 9.59 Å². The van der Waals surface area contributed by atoms with Gasteiger partial charge in [0.15, 0.2) is 5.17 Å². The van der Waals surface area contributed by atoms with E-state index in [1.165, 1.54) is 11.8 Å². The summed E-state index contributed by atoms with van der Waals surface area (Å²) in [6, 6.07) is -0.0244. The van der Waals surface area contributed by atoms with Crippen LogP contribution in [0.15, 0.2) is 4.99 Å². The van der Waals surface area contributed by atoms with Crippen LogP contribution in [-0.2, 0) is 9.59 Å². The third-order valence-electron chi connectivity index (χ3n) is 2.06. The summed E-state index contributed by atoms with van der Waals surface area (Å²) in [5, 5.41) is 14.3.